The number of aliphatic carboxylic acids is 1. The fourth-order valence-electron chi connectivity index (χ4n) is 1.83. The van der Waals surface area contributed by atoms with Gasteiger partial charge < -0.3 is 20.6 Å². The molecule has 7 heteroatoms. The van der Waals surface area contributed by atoms with E-state index in [2.05, 4.69) is 6.92 Å². The van der Waals surface area contributed by atoms with Gasteiger partial charge in [0.1, 0.15) is 13.1 Å². The van der Waals surface area contributed by atoms with Gasteiger partial charge in [0.25, 0.3) is 0 Å². The number of hydrogen-bond acceptors (Lipinski definition) is 3. The Kier molecular flexibility index (Phi) is 8.35. The first-order chi connectivity index (χ1) is 9.29. The van der Waals surface area contributed by atoms with Gasteiger partial charge in [-0.1, -0.05) is 19.8 Å². The van der Waals surface area contributed by atoms with Gasteiger partial charge in [-0.05, 0) is 20.3 Å². The topological polar surface area (TPSA) is 104 Å². The molecule has 7 nitrogen and oxygen atoms in total. The number of carboxylic acids is 1. The zero-order valence-electron chi connectivity index (χ0n) is 12.5. The summed E-state index contributed by atoms with van der Waals surface area (Å²) in [4.78, 5) is 36.6. The van der Waals surface area contributed by atoms with E-state index in [9.17, 15) is 14.4 Å². The Morgan fingerprint density at radius 2 is 1.75 bits per heavy atom. The van der Waals surface area contributed by atoms with Crippen LogP contribution in [-0.2, 0) is 9.59 Å². The predicted octanol–water partition coefficient (Wildman–Crippen LogP) is 0.879. The third kappa shape index (κ3) is 6.96. The lowest BCUT2D eigenvalue weighted by molar-refractivity contribution is -0.138. The average Bonchev–Trinajstić information content (AvgIpc) is 2.31. The minimum atomic E-state index is -1.17. The van der Waals surface area contributed by atoms with E-state index < -0.39 is 24.5 Å². The second-order valence-electron chi connectivity index (χ2n) is 4.99. The molecule has 0 unspecified atom stereocenters. The molecule has 0 spiro atoms. The number of unbranched alkanes of at least 4 members (excludes halogenated alkanes) is 2. The highest BCUT2D eigenvalue weighted by Gasteiger charge is 2.25. The van der Waals surface area contributed by atoms with Crippen molar-refractivity contribution in [2.45, 2.75) is 46.1 Å². The average molecular weight is 287 g/mol. The standard InChI is InChI=1S/C13H25N3O4/c1-4-5-6-7-16(10(2)3)13(20)15(8-11(14)17)9-12(18)19/h10H,4-9H2,1-3H3,(H2,14,17)(H,18,19). The highest BCUT2D eigenvalue weighted by Crippen LogP contribution is 2.08. The van der Waals surface area contributed by atoms with Crippen molar-refractivity contribution in [3.63, 3.8) is 0 Å². The van der Waals surface area contributed by atoms with Gasteiger partial charge in [-0.25, -0.2) is 4.79 Å². The van der Waals surface area contributed by atoms with Crippen molar-refractivity contribution in [1.82, 2.24) is 9.80 Å². The van der Waals surface area contributed by atoms with Crippen molar-refractivity contribution in [1.29, 1.82) is 0 Å². The molecule has 0 saturated carbocycles. The SMILES string of the molecule is CCCCCN(C(=O)N(CC(N)=O)CC(=O)O)C(C)C. The molecule has 0 radical (unpaired) electrons. The van der Waals surface area contributed by atoms with Crippen LogP contribution in [0.25, 0.3) is 0 Å². The maximum atomic E-state index is 12.3. The van der Waals surface area contributed by atoms with Crippen molar-refractivity contribution in [3.8, 4) is 0 Å². The van der Waals surface area contributed by atoms with Crippen LogP contribution in [-0.4, -0.2) is 58.5 Å². The molecule has 0 atom stereocenters. The zero-order chi connectivity index (χ0) is 15.7. The summed E-state index contributed by atoms with van der Waals surface area (Å²) in [5, 5.41) is 8.82. The first-order valence-corrected chi connectivity index (χ1v) is 6.85. The second kappa shape index (κ2) is 9.17. The molecule has 0 aliphatic heterocycles. The Balaban J connectivity index is 4.84. The molecule has 0 saturated heterocycles. The normalized spacial score (nSPS) is 10.4. The fraction of sp³-hybridized carbons (Fsp3) is 0.769. The first-order valence-electron chi connectivity index (χ1n) is 6.85. The van der Waals surface area contributed by atoms with Gasteiger partial charge >= 0.3 is 12.0 Å². The van der Waals surface area contributed by atoms with Crippen molar-refractivity contribution in [3.05, 3.63) is 0 Å². The van der Waals surface area contributed by atoms with E-state index in [4.69, 9.17) is 10.8 Å². The Morgan fingerprint density at radius 3 is 2.15 bits per heavy atom. The molecule has 0 rings (SSSR count). The van der Waals surface area contributed by atoms with Crippen molar-refractivity contribution in [2.24, 2.45) is 5.73 Å². The van der Waals surface area contributed by atoms with E-state index in [1.165, 1.54) is 0 Å². The smallest absolute Gasteiger partial charge is 0.323 e. The highest BCUT2D eigenvalue weighted by atomic mass is 16.4. The molecule has 3 amide bonds. The maximum absolute atomic E-state index is 12.3. The van der Waals surface area contributed by atoms with Crippen LogP contribution in [0.1, 0.15) is 40.0 Å². The monoisotopic (exact) mass is 287 g/mol. The van der Waals surface area contributed by atoms with Crippen LogP contribution in [0, 0.1) is 0 Å². The Hall–Kier alpha value is -1.79. The predicted molar refractivity (Wildman–Crippen MR) is 75.2 cm³/mol. The molecular formula is C13H25N3O4. The van der Waals surface area contributed by atoms with E-state index in [-0.39, 0.29) is 12.6 Å². The minimum Gasteiger partial charge on any atom is -0.480 e. The second-order valence-corrected chi connectivity index (χ2v) is 4.99. The van der Waals surface area contributed by atoms with Crippen LogP contribution >= 0.6 is 0 Å². The van der Waals surface area contributed by atoms with Crippen molar-refractivity contribution >= 4 is 17.9 Å². The van der Waals surface area contributed by atoms with Gasteiger partial charge in [-0.2, -0.15) is 0 Å². The largest absolute Gasteiger partial charge is 0.480 e. The number of nitrogens with zero attached hydrogens (tertiary/aromatic N) is 2. The van der Waals surface area contributed by atoms with Gasteiger partial charge in [0.15, 0.2) is 0 Å². The lowest BCUT2D eigenvalue weighted by Gasteiger charge is -2.32. The molecule has 0 fully saturated rings. The molecule has 0 aromatic carbocycles. The summed E-state index contributed by atoms with van der Waals surface area (Å²) in [7, 11) is 0. The highest BCUT2D eigenvalue weighted by molar-refractivity contribution is 5.86. The summed E-state index contributed by atoms with van der Waals surface area (Å²) in [6.07, 6.45) is 2.86. The summed E-state index contributed by atoms with van der Waals surface area (Å²) < 4.78 is 0. The van der Waals surface area contributed by atoms with E-state index in [0.717, 1.165) is 24.2 Å². The third-order valence-corrected chi connectivity index (χ3v) is 2.81. The van der Waals surface area contributed by atoms with Crippen LogP contribution in [0.5, 0.6) is 0 Å². The van der Waals surface area contributed by atoms with Crippen LogP contribution < -0.4 is 5.73 Å². The Morgan fingerprint density at radius 1 is 1.15 bits per heavy atom. The molecule has 0 heterocycles. The van der Waals surface area contributed by atoms with Gasteiger partial charge in [-0.15, -0.1) is 0 Å². The van der Waals surface area contributed by atoms with Crippen molar-refractivity contribution in [2.75, 3.05) is 19.6 Å². The van der Waals surface area contributed by atoms with Crippen LogP contribution in [0.4, 0.5) is 4.79 Å². The molecule has 3 N–H and O–H groups in total. The lowest BCUT2D eigenvalue weighted by atomic mass is 10.2. The van der Waals surface area contributed by atoms with Crippen molar-refractivity contribution < 1.29 is 19.5 Å². The number of urea groups is 1. The summed E-state index contributed by atoms with van der Waals surface area (Å²) >= 11 is 0. The first kappa shape index (κ1) is 18.2. The molecule has 0 aromatic rings. The number of primary amides is 1. The van der Waals surface area contributed by atoms with E-state index in [1.807, 2.05) is 13.8 Å². The van der Waals surface area contributed by atoms with E-state index in [1.54, 1.807) is 4.90 Å². The molecule has 0 aromatic heterocycles. The van der Waals surface area contributed by atoms with Gasteiger partial charge in [0, 0.05) is 12.6 Å². The third-order valence-electron chi connectivity index (χ3n) is 2.81. The summed E-state index contributed by atoms with van der Waals surface area (Å²) in [6, 6.07) is -0.527. The number of nitrogens with two attached hydrogens (primary N) is 1. The molecule has 20 heavy (non-hydrogen) atoms. The number of carbonyl (C=O) groups is 3. The van der Waals surface area contributed by atoms with E-state index >= 15 is 0 Å². The number of rotatable bonds is 9. The molecule has 0 aliphatic rings. The van der Waals surface area contributed by atoms with Crippen LogP contribution in [0.2, 0.25) is 0 Å². The zero-order valence-corrected chi connectivity index (χ0v) is 12.5. The van der Waals surface area contributed by atoms with Crippen LogP contribution in [0.15, 0.2) is 0 Å². The lowest BCUT2D eigenvalue weighted by Crippen LogP contribution is -2.50. The summed E-state index contributed by atoms with van der Waals surface area (Å²) in [5.74, 6) is -1.89. The number of hydrogen-bond donors (Lipinski definition) is 2. The molecule has 0 aliphatic carbocycles. The van der Waals surface area contributed by atoms with Crippen LogP contribution in [0.3, 0.4) is 0 Å². The number of amides is 3. The number of carboxylic acid groups (broad SMARTS) is 1. The minimum absolute atomic E-state index is 0.0662. The Labute approximate surface area is 119 Å². The molecule has 0 bridgehead atoms. The fourth-order valence-corrected chi connectivity index (χ4v) is 1.83. The molecular weight excluding hydrogens is 262 g/mol. The van der Waals surface area contributed by atoms with Gasteiger partial charge in [0.2, 0.25) is 5.91 Å². The summed E-state index contributed by atoms with van der Waals surface area (Å²) in [5.41, 5.74) is 5.06. The maximum Gasteiger partial charge on any atom is 0.323 e. The quantitative estimate of drug-likeness (QED) is 0.614. The van der Waals surface area contributed by atoms with E-state index in [0.29, 0.717) is 6.54 Å². The summed E-state index contributed by atoms with van der Waals surface area (Å²) in [6.45, 7) is 5.39. The Bertz CT molecular complexity index is 329. The van der Waals surface area contributed by atoms with Gasteiger partial charge in [-0.3, -0.25) is 9.59 Å². The molecule has 116 valence electrons. The number of carbonyl (C=O) groups excluding carboxylic acids is 2. The van der Waals surface area contributed by atoms with Gasteiger partial charge in [0.05, 0.1) is 0 Å².